The minimum absolute atomic E-state index is 0.874. The topological polar surface area (TPSA) is 37.3 Å². The Bertz CT molecular complexity index is 632. The Labute approximate surface area is 182 Å². The summed E-state index contributed by atoms with van der Waals surface area (Å²) in [7, 11) is 0. The summed E-state index contributed by atoms with van der Waals surface area (Å²) in [5.74, 6) is 0. The third-order valence-electron chi connectivity index (χ3n) is 5.48. The molecule has 0 saturated heterocycles. The number of hydrogen-bond acceptors (Lipinski definition) is 4. The number of aromatic nitrogens is 1. The third-order valence-corrected chi connectivity index (χ3v) is 6.42. The predicted octanol–water partition coefficient (Wildman–Crippen LogP) is 8.96. The molecule has 0 amide bonds. The molecule has 2 rings (SSSR count). The van der Waals surface area contributed by atoms with Crippen LogP contribution in [0.3, 0.4) is 0 Å². The molecule has 1 aromatic carbocycles. The molecule has 1 aromatic heterocycles. The summed E-state index contributed by atoms with van der Waals surface area (Å²) in [5.41, 5.74) is 4.10. The molecule has 29 heavy (non-hydrogen) atoms. The monoisotopic (exact) mass is 415 g/mol. The number of nitrogens with one attached hydrogen (secondary N) is 1. The number of anilines is 1. The number of unbranched alkanes of at least 4 members (excludes halogenated alkanes) is 15. The van der Waals surface area contributed by atoms with Gasteiger partial charge in [-0.05, 0) is 25.0 Å². The van der Waals surface area contributed by atoms with Gasteiger partial charge in [0.1, 0.15) is 0 Å². The van der Waals surface area contributed by atoms with E-state index in [2.05, 4.69) is 28.5 Å². The van der Waals surface area contributed by atoms with Crippen molar-refractivity contribution in [3.8, 4) is 0 Å². The Balaban J connectivity index is 1.32. The van der Waals surface area contributed by atoms with E-state index >= 15 is 0 Å². The van der Waals surface area contributed by atoms with Crippen molar-refractivity contribution in [1.82, 2.24) is 4.98 Å². The molecule has 0 aliphatic carbocycles. The standard InChI is InChI=1S/C25H41N3S/c1-2-3-4-5-6-7-8-9-10-11-12-13-14-15-16-19-22-26-28-25-27-23-20-17-18-21-24(23)29-25/h17-18,20-22H,2-16,19H2,1H3,(H,27,28). The van der Waals surface area contributed by atoms with E-state index in [-0.39, 0.29) is 0 Å². The molecule has 0 spiro atoms. The number of rotatable bonds is 18. The molecule has 0 radical (unpaired) electrons. The van der Waals surface area contributed by atoms with Crippen LogP contribution in [0.4, 0.5) is 5.13 Å². The fourth-order valence-electron chi connectivity index (χ4n) is 3.69. The van der Waals surface area contributed by atoms with E-state index in [4.69, 9.17) is 0 Å². The molecule has 0 atom stereocenters. The maximum absolute atomic E-state index is 4.52. The molecule has 162 valence electrons. The predicted molar refractivity (Wildman–Crippen MR) is 131 cm³/mol. The number of nitrogens with zero attached hydrogens (tertiary/aromatic N) is 2. The van der Waals surface area contributed by atoms with Crippen LogP contribution < -0.4 is 5.43 Å². The highest BCUT2D eigenvalue weighted by molar-refractivity contribution is 7.22. The van der Waals surface area contributed by atoms with Crippen LogP contribution in [0.1, 0.15) is 110 Å². The Morgan fingerprint density at radius 1 is 0.793 bits per heavy atom. The summed E-state index contributed by atoms with van der Waals surface area (Å²) in [6, 6.07) is 8.20. The summed E-state index contributed by atoms with van der Waals surface area (Å²) >= 11 is 1.65. The second-order valence-electron chi connectivity index (χ2n) is 8.15. The summed E-state index contributed by atoms with van der Waals surface area (Å²) in [6.45, 7) is 2.29. The van der Waals surface area contributed by atoms with E-state index in [0.717, 1.165) is 17.1 Å². The first-order valence-electron chi connectivity index (χ1n) is 12.0. The van der Waals surface area contributed by atoms with Gasteiger partial charge >= 0.3 is 0 Å². The van der Waals surface area contributed by atoms with Gasteiger partial charge in [0.2, 0.25) is 5.13 Å². The first kappa shape index (κ1) is 23.9. The second kappa shape index (κ2) is 16.4. The number of hydrogen-bond donors (Lipinski definition) is 1. The van der Waals surface area contributed by atoms with E-state index in [1.165, 1.54) is 101 Å². The lowest BCUT2D eigenvalue weighted by Gasteiger charge is -2.03. The van der Waals surface area contributed by atoms with E-state index in [1.54, 1.807) is 11.3 Å². The average Bonchev–Trinajstić information content (AvgIpc) is 3.16. The van der Waals surface area contributed by atoms with Gasteiger partial charge in [-0.1, -0.05) is 120 Å². The van der Waals surface area contributed by atoms with Crippen molar-refractivity contribution in [3.63, 3.8) is 0 Å². The van der Waals surface area contributed by atoms with Gasteiger partial charge in [0.15, 0.2) is 0 Å². The summed E-state index contributed by atoms with van der Waals surface area (Å²) < 4.78 is 1.20. The van der Waals surface area contributed by atoms with E-state index < -0.39 is 0 Å². The Morgan fingerprint density at radius 2 is 1.34 bits per heavy atom. The molecule has 0 saturated carbocycles. The lowest BCUT2D eigenvalue weighted by atomic mass is 10.0. The maximum Gasteiger partial charge on any atom is 0.204 e. The zero-order valence-corrected chi connectivity index (χ0v) is 19.3. The average molecular weight is 416 g/mol. The van der Waals surface area contributed by atoms with Crippen LogP contribution in [0, 0.1) is 0 Å². The summed E-state index contributed by atoms with van der Waals surface area (Å²) in [6.07, 6.45) is 24.2. The van der Waals surface area contributed by atoms with Crippen molar-refractivity contribution in [2.24, 2.45) is 5.10 Å². The Morgan fingerprint density at radius 3 is 1.93 bits per heavy atom. The number of thiazole rings is 1. The second-order valence-corrected chi connectivity index (χ2v) is 9.18. The molecular formula is C25H41N3S. The largest absolute Gasteiger partial charge is 0.253 e. The summed E-state index contributed by atoms with van der Waals surface area (Å²) in [5, 5.41) is 5.19. The van der Waals surface area contributed by atoms with Crippen LogP contribution in [-0.2, 0) is 0 Å². The van der Waals surface area contributed by atoms with Gasteiger partial charge in [-0.3, -0.25) is 5.43 Å². The number of fused-ring (bicyclic) bond motifs is 1. The molecule has 0 aliphatic heterocycles. The molecule has 0 aliphatic rings. The van der Waals surface area contributed by atoms with E-state index in [9.17, 15) is 0 Å². The lowest BCUT2D eigenvalue weighted by molar-refractivity contribution is 0.533. The van der Waals surface area contributed by atoms with Crippen molar-refractivity contribution in [3.05, 3.63) is 24.3 Å². The normalized spacial score (nSPS) is 11.6. The number of benzene rings is 1. The molecule has 3 nitrogen and oxygen atoms in total. The van der Waals surface area contributed by atoms with Crippen molar-refractivity contribution in [2.75, 3.05) is 5.43 Å². The maximum atomic E-state index is 4.52. The molecule has 0 fully saturated rings. The van der Waals surface area contributed by atoms with Gasteiger partial charge in [-0.15, -0.1) is 0 Å². The van der Waals surface area contributed by atoms with Crippen LogP contribution in [0.15, 0.2) is 29.4 Å². The molecule has 2 aromatic rings. The Kier molecular flexibility index (Phi) is 13.5. The fraction of sp³-hybridized carbons (Fsp3) is 0.680. The van der Waals surface area contributed by atoms with Crippen LogP contribution in [0.25, 0.3) is 10.2 Å². The highest BCUT2D eigenvalue weighted by Gasteiger charge is 2.00. The lowest BCUT2D eigenvalue weighted by Crippen LogP contribution is -1.88. The van der Waals surface area contributed by atoms with Gasteiger partial charge in [0.25, 0.3) is 0 Å². The highest BCUT2D eigenvalue weighted by atomic mass is 32.1. The van der Waals surface area contributed by atoms with E-state index in [1.807, 2.05) is 24.4 Å². The molecule has 0 bridgehead atoms. The van der Waals surface area contributed by atoms with Crippen molar-refractivity contribution in [1.29, 1.82) is 0 Å². The fourth-order valence-corrected chi connectivity index (χ4v) is 4.51. The van der Waals surface area contributed by atoms with Gasteiger partial charge in [-0.25, -0.2) is 4.98 Å². The zero-order valence-electron chi connectivity index (χ0n) is 18.5. The molecule has 4 heteroatoms. The van der Waals surface area contributed by atoms with Gasteiger partial charge in [0, 0.05) is 6.21 Å². The minimum atomic E-state index is 0.874. The highest BCUT2D eigenvalue weighted by Crippen LogP contribution is 2.25. The summed E-state index contributed by atoms with van der Waals surface area (Å²) in [4.78, 5) is 4.52. The first-order valence-corrected chi connectivity index (χ1v) is 12.8. The van der Waals surface area contributed by atoms with Crippen LogP contribution in [-0.4, -0.2) is 11.2 Å². The van der Waals surface area contributed by atoms with Crippen molar-refractivity contribution >= 4 is 32.9 Å². The van der Waals surface area contributed by atoms with Gasteiger partial charge in [-0.2, -0.15) is 5.10 Å². The van der Waals surface area contributed by atoms with Crippen molar-refractivity contribution in [2.45, 2.75) is 110 Å². The van der Waals surface area contributed by atoms with Crippen LogP contribution in [0.2, 0.25) is 0 Å². The van der Waals surface area contributed by atoms with Crippen LogP contribution in [0.5, 0.6) is 0 Å². The third kappa shape index (κ3) is 11.4. The van der Waals surface area contributed by atoms with Crippen molar-refractivity contribution < 1.29 is 0 Å². The SMILES string of the molecule is CCCCCCCCCCCCCCCCCC=NNc1nc2ccccc2s1. The van der Waals surface area contributed by atoms with Crippen LogP contribution >= 0.6 is 11.3 Å². The Hall–Kier alpha value is -1.42. The zero-order chi connectivity index (χ0) is 20.4. The van der Waals surface area contributed by atoms with E-state index in [0.29, 0.717) is 0 Å². The molecular weight excluding hydrogens is 374 g/mol. The van der Waals surface area contributed by atoms with Gasteiger partial charge in [0.05, 0.1) is 10.2 Å². The molecule has 0 unspecified atom stereocenters. The number of hydrazone groups is 1. The van der Waals surface area contributed by atoms with Gasteiger partial charge < -0.3 is 0 Å². The first-order chi connectivity index (χ1) is 14.4. The molecule has 1 N–H and O–H groups in total. The quantitative estimate of drug-likeness (QED) is 0.150. The minimum Gasteiger partial charge on any atom is -0.253 e. The molecule has 1 heterocycles. The smallest absolute Gasteiger partial charge is 0.204 e. The number of para-hydroxylation sites is 1.